The van der Waals surface area contributed by atoms with Gasteiger partial charge in [0.25, 0.3) is 0 Å². The Hall–Kier alpha value is -2.15. The van der Waals surface area contributed by atoms with Gasteiger partial charge in [0, 0.05) is 25.3 Å². The molecule has 7 nitrogen and oxygen atoms in total. The molecule has 0 aromatic carbocycles. The van der Waals surface area contributed by atoms with Crippen molar-refractivity contribution in [3.05, 3.63) is 34.9 Å². The summed E-state index contributed by atoms with van der Waals surface area (Å²) in [6.07, 6.45) is 3.53. The van der Waals surface area contributed by atoms with Gasteiger partial charge in [-0.15, -0.1) is 5.10 Å². The van der Waals surface area contributed by atoms with Gasteiger partial charge in [-0.1, -0.05) is 13.0 Å². The first kappa shape index (κ1) is 14.8. The second kappa shape index (κ2) is 6.31. The highest BCUT2D eigenvalue weighted by molar-refractivity contribution is 5.76. The average molecular weight is 303 g/mol. The molecule has 3 heterocycles. The lowest BCUT2D eigenvalue weighted by Crippen LogP contribution is -2.44. The Morgan fingerprint density at radius 3 is 3.05 bits per heavy atom. The number of pyridine rings is 1. The fraction of sp³-hybridized carbons (Fsp3) is 0.533. The lowest BCUT2D eigenvalue weighted by Gasteiger charge is -2.28. The highest BCUT2D eigenvalue weighted by atomic mass is 16.2. The van der Waals surface area contributed by atoms with Gasteiger partial charge < -0.3 is 10.2 Å². The van der Waals surface area contributed by atoms with Crippen LogP contribution in [0.25, 0.3) is 5.65 Å². The molecule has 1 unspecified atom stereocenters. The second-order valence-electron chi connectivity index (χ2n) is 5.60. The molecule has 0 radical (unpaired) electrons. The molecule has 0 saturated carbocycles. The van der Waals surface area contributed by atoms with Gasteiger partial charge in [0.1, 0.15) is 6.54 Å². The van der Waals surface area contributed by atoms with E-state index in [4.69, 9.17) is 0 Å². The number of fused-ring (bicyclic) bond motifs is 1. The van der Waals surface area contributed by atoms with Gasteiger partial charge in [-0.3, -0.25) is 9.20 Å². The van der Waals surface area contributed by atoms with Crippen molar-refractivity contribution < 1.29 is 4.79 Å². The minimum absolute atomic E-state index is 0.00296. The van der Waals surface area contributed by atoms with Gasteiger partial charge in [-0.2, -0.15) is 0 Å². The Labute approximate surface area is 128 Å². The van der Waals surface area contributed by atoms with E-state index < -0.39 is 0 Å². The van der Waals surface area contributed by atoms with Crippen LogP contribution >= 0.6 is 0 Å². The van der Waals surface area contributed by atoms with E-state index in [2.05, 4.69) is 17.3 Å². The Morgan fingerprint density at radius 1 is 1.50 bits per heavy atom. The van der Waals surface area contributed by atoms with Crippen LogP contribution in [0.4, 0.5) is 0 Å². The van der Waals surface area contributed by atoms with Crippen molar-refractivity contribution in [3.8, 4) is 0 Å². The Balaban J connectivity index is 1.81. The number of amides is 1. The maximum Gasteiger partial charge on any atom is 0.350 e. The highest BCUT2D eigenvalue weighted by Gasteiger charge is 2.26. The molecule has 1 amide bonds. The number of carbonyl (C=O) groups is 1. The summed E-state index contributed by atoms with van der Waals surface area (Å²) in [5.41, 5.74) is 0.287. The van der Waals surface area contributed by atoms with E-state index in [1.165, 1.54) is 9.08 Å². The Morgan fingerprint density at radius 2 is 2.36 bits per heavy atom. The van der Waals surface area contributed by atoms with Gasteiger partial charge >= 0.3 is 5.69 Å². The number of carbonyl (C=O) groups excluding carboxylic acids is 1. The van der Waals surface area contributed by atoms with Crippen LogP contribution in [0.1, 0.15) is 19.8 Å². The average Bonchev–Trinajstić information content (AvgIpc) is 3.14. The van der Waals surface area contributed by atoms with Crippen molar-refractivity contribution in [1.82, 2.24) is 24.4 Å². The first-order chi connectivity index (χ1) is 10.7. The third kappa shape index (κ3) is 2.76. The van der Waals surface area contributed by atoms with E-state index in [9.17, 15) is 9.59 Å². The molecule has 0 aliphatic carbocycles. The van der Waals surface area contributed by atoms with Crippen LogP contribution in [0.15, 0.2) is 29.2 Å². The fourth-order valence-electron chi connectivity index (χ4n) is 2.95. The van der Waals surface area contributed by atoms with Crippen LogP contribution in [0.5, 0.6) is 0 Å². The van der Waals surface area contributed by atoms with Crippen molar-refractivity contribution in [2.45, 2.75) is 32.4 Å². The van der Waals surface area contributed by atoms with Crippen LogP contribution in [-0.4, -0.2) is 50.7 Å². The van der Waals surface area contributed by atoms with Crippen molar-refractivity contribution in [3.63, 3.8) is 0 Å². The summed E-state index contributed by atoms with van der Waals surface area (Å²) in [6.45, 7) is 4.53. The number of nitrogens with one attached hydrogen (secondary N) is 1. The molecule has 3 rings (SSSR count). The van der Waals surface area contributed by atoms with Crippen molar-refractivity contribution in [1.29, 1.82) is 0 Å². The summed E-state index contributed by atoms with van der Waals surface area (Å²) in [4.78, 5) is 26.7. The molecule has 1 fully saturated rings. The zero-order valence-electron chi connectivity index (χ0n) is 12.7. The van der Waals surface area contributed by atoms with Crippen molar-refractivity contribution in [2.24, 2.45) is 0 Å². The minimum Gasteiger partial charge on any atom is -0.337 e. The smallest absolute Gasteiger partial charge is 0.337 e. The maximum atomic E-state index is 12.6. The van der Waals surface area contributed by atoms with Crippen molar-refractivity contribution >= 4 is 11.6 Å². The number of hydrogen-bond donors (Lipinski definition) is 1. The summed E-state index contributed by atoms with van der Waals surface area (Å²) < 4.78 is 2.71. The van der Waals surface area contributed by atoms with E-state index in [0.717, 1.165) is 25.9 Å². The topological polar surface area (TPSA) is 71.6 Å². The summed E-state index contributed by atoms with van der Waals surface area (Å²) in [6, 6.07) is 5.57. The van der Waals surface area contributed by atoms with E-state index in [1.807, 2.05) is 11.0 Å². The van der Waals surface area contributed by atoms with Crippen LogP contribution < -0.4 is 11.0 Å². The standard InChI is InChI=1S/C15H21N5O2/c1-2-8-18(12-6-7-16-10-12)14(21)11-20-15(22)19-9-4-3-5-13(19)17-20/h3-5,9,12,16H,2,6-8,10-11H2,1H3. The molecular formula is C15H21N5O2. The molecule has 0 spiro atoms. The van der Waals surface area contributed by atoms with Crippen LogP contribution in [-0.2, 0) is 11.3 Å². The lowest BCUT2D eigenvalue weighted by atomic mass is 10.2. The molecule has 1 saturated heterocycles. The molecule has 1 aliphatic rings. The summed E-state index contributed by atoms with van der Waals surface area (Å²) in [5, 5.41) is 7.51. The zero-order chi connectivity index (χ0) is 15.5. The quantitative estimate of drug-likeness (QED) is 0.850. The number of hydrogen-bond acceptors (Lipinski definition) is 4. The first-order valence-corrected chi connectivity index (χ1v) is 7.75. The second-order valence-corrected chi connectivity index (χ2v) is 5.60. The molecule has 2 aromatic heterocycles. The predicted molar refractivity (Wildman–Crippen MR) is 82.7 cm³/mol. The maximum absolute atomic E-state index is 12.6. The van der Waals surface area contributed by atoms with Gasteiger partial charge in [0.2, 0.25) is 5.91 Å². The van der Waals surface area contributed by atoms with Gasteiger partial charge in [0.15, 0.2) is 5.65 Å². The number of rotatable bonds is 5. The number of aromatic nitrogens is 3. The highest BCUT2D eigenvalue weighted by Crippen LogP contribution is 2.10. The minimum atomic E-state index is -0.273. The third-order valence-electron chi connectivity index (χ3n) is 4.03. The van der Waals surface area contributed by atoms with Crippen LogP contribution in [0.3, 0.4) is 0 Å². The molecule has 0 bridgehead atoms. The van der Waals surface area contributed by atoms with Gasteiger partial charge in [-0.05, 0) is 31.5 Å². The van der Waals surface area contributed by atoms with E-state index in [-0.39, 0.29) is 24.2 Å². The van der Waals surface area contributed by atoms with Crippen LogP contribution in [0.2, 0.25) is 0 Å². The SMILES string of the molecule is CCCN(C(=O)Cn1nc2ccccn2c1=O)C1CCNC1. The third-order valence-corrected chi connectivity index (χ3v) is 4.03. The first-order valence-electron chi connectivity index (χ1n) is 7.75. The lowest BCUT2D eigenvalue weighted by molar-refractivity contribution is -0.134. The van der Waals surface area contributed by atoms with Crippen LogP contribution in [0, 0.1) is 0 Å². The molecule has 1 aliphatic heterocycles. The summed E-state index contributed by atoms with van der Waals surface area (Å²) in [5.74, 6) is -0.0407. The Bertz CT molecular complexity index is 714. The molecule has 118 valence electrons. The van der Waals surface area contributed by atoms with Gasteiger partial charge in [-0.25, -0.2) is 9.48 Å². The monoisotopic (exact) mass is 303 g/mol. The predicted octanol–water partition coefficient (Wildman–Crippen LogP) is 0.0965. The molecular weight excluding hydrogens is 282 g/mol. The van der Waals surface area contributed by atoms with Gasteiger partial charge in [0.05, 0.1) is 0 Å². The van der Waals surface area contributed by atoms with E-state index in [1.54, 1.807) is 18.3 Å². The number of nitrogens with zero attached hydrogens (tertiary/aromatic N) is 4. The Kier molecular flexibility index (Phi) is 4.24. The molecule has 22 heavy (non-hydrogen) atoms. The largest absolute Gasteiger partial charge is 0.350 e. The zero-order valence-corrected chi connectivity index (χ0v) is 12.7. The molecule has 1 atom stereocenters. The molecule has 1 N–H and O–H groups in total. The summed E-state index contributed by atoms with van der Waals surface area (Å²) in [7, 11) is 0. The van der Waals surface area contributed by atoms with E-state index in [0.29, 0.717) is 12.2 Å². The normalized spacial score (nSPS) is 18.0. The van der Waals surface area contributed by atoms with E-state index >= 15 is 0 Å². The fourth-order valence-corrected chi connectivity index (χ4v) is 2.95. The molecule has 7 heteroatoms. The summed E-state index contributed by atoms with van der Waals surface area (Å²) >= 11 is 0. The molecule has 2 aromatic rings. The van der Waals surface area contributed by atoms with Crippen molar-refractivity contribution in [2.75, 3.05) is 19.6 Å².